The number of nitrogens with one attached hydrogen (secondary N) is 1. The predicted octanol–water partition coefficient (Wildman–Crippen LogP) is 0.0699. The maximum Gasteiger partial charge on any atom is 1.00 e. The number of carbonyl (C=O) groups excluding carboxylic acids is 1. The van der Waals surface area contributed by atoms with Gasteiger partial charge in [0, 0.05) is 48.3 Å². The third-order valence-electron chi connectivity index (χ3n) is 5.79. The van der Waals surface area contributed by atoms with E-state index in [0.717, 1.165) is 46.4 Å². The van der Waals surface area contributed by atoms with E-state index in [0.29, 0.717) is 10.9 Å². The van der Waals surface area contributed by atoms with E-state index >= 15 is 0 Å². The number of rotatable bonds is 4. The Balaban J connectivity index is 0.000000193. The smallest absolute Gasteiger partial charge is 0.417 e. The summed E-state index contributed by atoms with van der Waals surface area (Å²) in [5.74, 6) is -0.155. The molecule has 1 saturated heterocycles. The summed E-state index contributed by atoms with van der Waals surface area (Å²) in [5, 5.41) is 9.65. The van der Waals surface area contributed by atoms with E-state index < -0.39 is 0 Å². The van der Waals surface area contributed by atoms with E-state index in [2.05, 4.69) is 27.2 Å². The van der Waals surface area contributed by atoms with Gasteiger partial charge in [0.05, 0.1) is 11.5 Å². The van der Waals surface area contributed by atoms with E-state index in [4.69, 9.17) is 0 Å². The van der Waals surface area contributed by atoms with Gasteiger partial charge in [-0.25, -0.2) is 4.39 Å². The molecule has 0 radical (unpaired) electrons. The molecule has 2 aromatic heterocycles. The average molecular weight is 461 g/mol. The Morgan fingerprint density at radius 1 is 1.22 bits per heavy atom. The van der Waals surface area contributed by atoms with E-state index in [1.165, 1.54) is 25.0 Å². The maximum atomic E-state index is 12.6. The van der Waals surface area contributed by atoms with Crippen molar-refractivity contribution in [2.45, 2.75) is 36.3 Å². The molecule has 2 aliphatic rings. The fraction of sp³-hybridized carbons (Fsp3) is 0.333. The number of benzene rings is 1. The van der Waals surface area contributed by atoms with Crippen LogP contribution < -0.4 is 45.0 Å². The summed E-state index contributed by atoms with van der Waals surface area (Å²) in [4.78, 5) is 14.3. The van der Waals surface area contributed by atoms with Crippen LogP contribution in [-0.4, -0.2) is 39.4 Å². The van der Waals surface area contributed by atoms with Crippen LogP contribution in [0.25, 0.3) is 12.2 Å². The van der Waals surface area contributed by atoms with Crippen LogP contribution in [0.2, 0.25) is 0 Å². The summed E-state index contributed by atoms with van der Waals surface area (Å²) in [6, 6.07) is 8.65. The summed E-state index contributed by atoms with van der Waals surface area (Å²) < 4.78 is 14.4. The van der Waals surface area contributed by atoms with Crippen LogP contribution in [0.5, 0.6) is 0 Å². The number of aromatic amines is 1. The van der Waals surface area contributed by atoms with E-state index in [9.17, 15) is 9.18 Å². The molecule has 1 aromatic carbocycles. The minimum atomic E-state index is -0.155. The van der Waals surface area contributed by atoms with Crippen LogP contribution in [0.15, 0.2) is 41.4 Å². The van der Waals surface area contributed by atoms with Crippen molar-refractivity contribution in [2.75, 3.05) is 18.0 Å². The molecule has 5 nitrogen and oxygen atoms in total. The maximum absolute atomic E-state index is 12.6. The van der Waals surface area contributed by atoms with Gasteiger partial charge in [-0.05, 0) is 50.5 Å². The second-order valence-electron chi connectivity index (χ2n) is 7.81. The molecule has 0 spiro atoms. The molecule has 1 N–H and O–H groups in total. The molecule has 3 heterocycles. The van der Waals surface area contributed by atoms with Gasteiger partial charge in [0.2, 0.25) is 0 Å². The number of hydrogen-bond acceptors (Lipinski definition) is 4. The normalized spacial score (nSPS) is 16.7. The molecule has 32 heavy (non-hydrogen) atoms. The number of fused-ring (bicyclic) bond motifs is 1. The van der Waals surface area contributed by atoms with E-state index in [-0.39, 0.29) is 35.4 Å². The molecule has 0 saturated carbocycles. The first-order chi connectivity index (χ1) is 15.0. The molecule has 3 aromatic rings. The van der Waals surface area contributed by atoms with Crippen LogP contribution in [0, 0.1) is 12.7 Å². The molecule has 0 amide bonds. The minimum absolute atomic E-state index is 0. The van der Waals surface area contributed by atoms with Crippen LogP contribution in [-0.2, 0) is 11.8 Å². The number of halogens is 1. The first-order valence-corrected chi connectivity index (χ1v) is 11.4. The number of nitrogens with zero attached hydrogens (tertiary/aromatic N) is 3. The Hall–Kier alpha value is -1.80. The molecule has 1 atom stereocenters. The number of hydrogen-bond donors (Lipinski definition) is 1. The van der Waals surface area contributed by atoms with Crippen molar-refractivity contribution in [3.63, 3.8) is 0 Å². The first-order valence-electron chi connectivity index (χ1n) is 10.5. The van der Waals surface area contributed by atoms with E-state index in [1.807, 2.05) is 49.2 Å². The Bertz CT molecular complexity index is 1170. The molecule has 162 valence electrons. The van der Waals surface area contributed by atoms with Gasteiger partial charge in [-0.2, -0.15) is 11.2 Å². The summed E-state index contributed by atoms with van der Waals surface area (Å²) in [7, 11) is 1.89. The van der Waals surface area contributed by atoms with Gasteiger partial charge in [0.1, 0.15) is 5.82 Å². The largest absolute Gasteiger partial charge is 1.00 e. The Morgan fingerprint density at radius 2 is 1.94 bits per heavy atom. The Labute approximate surface area is 214 Å². The Kier molecular flexibility index (Phi) is 8.82. The first kappa shape index (κ1) is 24.8. The van der Waals surface area contributed by atoms with Gasteiger partial charge in [-0.15, -0.1) is 11.8 Å². The fourth-order valence-electron chi connectivity index (χ4n) is 3.87. The monoisotopic (exact) mass is 460 g/mol. The number of anilines is 1. The van der Waals surface area contributed by atoms with Crippen molar-refractivity contribution in [3.8, 4) is 0 Å². The molecule has 5 rings (SSSR count). The third kappa shape index (κ3) is 5.76. The second kappa shape index (κ2) is 11.4. The van der Waals surface area contributed by atoms with Crippen LogP contribution in [0.1, 0.15) is 30.7 Å². The minimum Gasteiger partial charge on any atom is -0.417 e. The molecule has 8 heteroatoms. The number of H-pyrrole nitrogens is 1. The zero-order valence-electron chi connectivity index (χ0n) is 18.8. The third-order valence-corrected chi connectivity index (χ3v) is 7.09. The van der Waals surface area contributed by atoms with Gasteiger partial charge < -0.3 is 14.3 Å². The molecule has 0 bridgehead atoms. The van der Waals surface area contributed by atoms with Crippen molar-refractivity contribution < 1.29 is 38.7 Å². The van der Waals surface area contributed by atoms with Crippen molar-refractivity contribution in [2.24, 2.45) is 7.05 Å². The summed E-state index contributed by atoms with van der Waals surface area (Å²) in [6.07, 6.45) is 11.7. The molecule has 1 fully saturated rings. The van der Waals surface area contributed by atoms with Gasteiger partial charge in [-0.1, -0.05) is 22.7 Å². The van der Waals surface area contributed by atoms with Crippen LogP contribution in [0.4, 0.5) is 10.1 Å². The van der Waals surface area contributed by atoms with Crippen LogP contribution >= 0.6 is 11.8 Å². The zero-order chi connectivity index (χ0) is 21.8. The molecule has 1 aliphatic carbocycles. The van der Waals surface area contributed by atoms with Crippen molar-refractivity contribution in [3.05, 3.63) is 64.3 Å². The number of thioether (sulfide) groups is 1. The zero-order valence-corrected chi connectivity index (χ0v) is 21.6. The molecule has 1 unspecified atom stereocenters. The fourth-order valence-corrected chi connectivity index (χ4v) is 5.09. The summed E-state index contributed by atoms with van der Waals surface area (Å²) >= 11 is 1.78. The van der Waals surface area contributed by atoms with Crippen molar-refractivity contribution in [1.82, 2.24) is 14.8 Å². The van der Waals surface area contributed by atoms with Gasteiger partial charge in [-0.3, -0.25) is 5.10 Å². The standard InChI is InChI=1S/C14H14N3OS.C10H12FN.Na/c1-9-14(6-11(8-18)17(9)2)19-12-3-4-13-10(5-12)7-15-16-13;11-9-3-5-10(6-4-9)12-7-1-2-8-12;/h4-7,12,16H,3H2,1-2H3;3-6H,1-2,7-8H2;/q-1;;+1. The molecule has 1 aliphatic heterocycles. The molecular weight excluding hydrogens is 434 g/mol. The van der Waals surface area contributed by atoms with Crippen molar-refractivity contribution in [1.29, 1.82) is 0 Å². The number of aromatic nitrogens is 3. The van der Waals surface area contributed by atoms with E-state index in [1.54, 1.807) is 11.8 Å². The topological polar surface area (TPSA) is 53.9 Å². The van der Waals surface area contributed by atoms with Gasteiger partial charge in [0.15, 0.2) is 0 Å². The summed E-state index contributed by atoms with van der Waals surface area (Å²) in [5.41, 5.74) is 2.85. The summed E-state index contributed by atoms with van der Waals surface area (Å²) in [6.45, 7) is 4.26. The molecular formula is C24H26FN4NaOS. The Morgan fingerprint density at radius 3 is 2.59 bits per heavy atom. The SMILES string of the molecule is Cc1c(SC2C=c3cn[nH]c3=CC2)cc([C-]=O)n1C.Fc1ccc(N2CCCC2)cc1.[Na+]. The second-order valence-corrected chi connectivity index (χ2v) is 9.09. The van der Waals surface area contributed by atoms with Gasteiger partial charge in [0.25, 0.3) is 0 Å². The van der Waals surface area contributed by atoms with Crippen molar-refractivity contribution >= 4 is 35.9 Å². The van der Waals surface area contributed by atoms with Crippen LogP contribution in [0.3, 0.4) is 0 Å². The predicted molar refractivity (Wildman–Crippen MR) is 124 cm³/mol. The quantitative estimate of drug-likeness (QED) is 0.442. The van der Waals surface area contributed by atoms with Gasteiger partial charge >= 0.3 is 29.6 Å². The average Bonchev–Trinajstić information content (AvgIpc) is 3.52.